The van der Waals surface area contributed by atoms with Crippen molar-refractivity contribution >= 4 is 77.6 Å². The Morgan fingerprint density at radius 1 is 1.06 bits per heavy atom. The predicted molar refractivity (Wildman–Crippen MR) is 147 cm³/mol. The average Bonchev–Trinajstić information content (AvgIpc) is 3.45. The van der Waals surface area contributed by atoms with E-state index in [1.807, 2.05) is 77.4 Å². The van der Waals surface area contributed by atoms with Gasteiger partial charge in [-0.2, -0.15) is 0 Å². The monoisotopic (exact) mass is 584 g/mol. The van der Waals surface area contributed by atoms with Crippen LogP contribution in [0.25, 0.3) is 15.9 Å². The molecule has 3 aromatic carbocycles. The summed E-state index contributed by atoms with van der Waals surface area (Å²) in [6.45, 7) is 0.456. The molecule has 1 amide bonds. The van der Waals surface area contributed by atoms with E-state index < -0.39 is 0 Å². The van der Waals surface area contributed by atoms with Gasteiger partial charge in [0.15, 0.2) is 16.1 Å². The van der Waals surface area contributed by atoms with E-state index in [4.69, 9.17) is 11.6 Å². The lowest BCUT2D eigenvalue weighted by Crippen LogP contribution is -2.14. The second kappa shape index (κ2) is 10.8. The van der Waals surface area contributed by atoms with Crippen LogP contribution < -0.4 is 10.6 Å². The molecule has 11 heteroatoms. The number of para-hydroxylation sites is 1. The zero-order chi connectivity index (χ0) is 24.2. The van der Waals surface area contributed by atoms with E-state index in [2.05, 4.69) is 41.7 Å². The number of benzene rings is 3. The third-order valence-electron chi connectivity index (χ3n) is 4.94. The summed E-state index contributed by atoms with van der Waals surface area (Å²) in [6, 6.07) is 23.1. The molecule has 2 N–H and O–H groups in total. The Balaban J connectivity index is 1.30. The number of rotatable bonds is 8. The summed E-state index contributed by atoms with van der Waals surface area (Å²) in [6.07, 6.45) is 0. The standard InChI is InChI=1S/C24H18BrClN6OS2/c25-15-6-11-19-20(12-15)35-23(28-19)29-22(33)14-34-24-31-30-21(32(24)18-4-2-1-3-5-18)13-27-17-9-7-16(26)8-10-17/h1-12,27H,13-14H2,(H,28,29,33). The Labute approximate surface area is 223 Å². The molecule has 0 saturated carbocycles. The first kappa shape index (κ1) is 23.8. The van der Waals surface area contributed by atoms with E-state index in [0.29, 0.717) is 21.9 Å². The molecule has 0 aliphatic carbocycles. The second-order valence-electron chi connectivity index (χ2n) is 7.40. The van der Waals surface area contributed by atoms with Gasteiger partial charge in [0, 0.05) is 20.9 Å². The van der Waals surface area contributed by atoms with E-state index in [1.54, 1.807) is 0 Å². The number of hydrogen-bond donors (Lipinski definition) is 2. The molecule has 0 aliphatic rings. The van der Waals surface area contributed by atoms with Crippen molar-refractivity contribution in [3.63, 3.8) is 0 Å². The summed E-state index contributed by atoms with van der Waals surface area (Å²) in [5.41, 5.74) is 2.70. The Bertz CT molecular complexity index is 1470. The highest BCUT2D eigenvalue weighted by Gasteiger charge is 2.16. The highest BCUT2D eigenvalue weighted by molar-refractivity contribution is 9.10. The smallest absolute Gasteiger partial charge is 0.236 e. The fourth-order valence-electron chi connectivity index (χ4n) is 3.33. The second-order valence-corrected chi connectivity index (χ2v) is 10.7. The highest BCUT2D eigenvalue weighted by Crippen LogP contribution is 2.29. The van der Waals surface area contributed by atoms with Gasteiger partial charge in [-0.25, -0.2) is 4.98 Å². The Kier molecular flexibility index (Phi) is 7.33. The number of carbonyl (C=O) groups excluding carboxylic acids is 1. The van der Waals surface area contributed by atoms with Crippen LogP contribution in [-0.4, -0.2) is 31.4 Å². The number of fused-ring (bicyclic) bond motifs is 1. The predicted octanol–water partition coefficient (Wildman–Crippen LogP) is 6.64. The summed E-state index contributed by atoms with van der Waals surface area (Å²) in [5.74, 6) is 0.747. The van der Waals surface area contributed by atoms with Crippen molar-refractivity contribution in [3.05, 3.63) is 88.1 Å². The first-order valence-electron chi connectivity index (χ1n) is 10.5. The lowest BCUT2D eigenvalue weighted by molar-refractivity contribution is -0.113. The number of nitrogens with zero attached hydrogens (tertiary/aromatic N) is 4. The van der Waals surface area contributed by atoms with Crippen LogP contribution in [0.3, 0.4) is 0 Å². The van der Waals surface area contributed by atoms with Crippen LogP contribution in [0.5, 0.6) is 0 Å². The lowest BCUT2D eigenvalue weighted by atomic mass is 10.3. The number of aromatic nitrogens is 4. The van der Waals surface area contributed by atoms with Gasteiger partial charge in [-0.1, -0.05) is 68.8 Å². The molecule has 0 radical (unpaired) electrons. The van der Waals surface area contributed by atoms with Crippen molar-refractivity contribution in [1.82, 2.24) is 19.7 Å². The number of anilines is 2. The number of carbonyl (C=O) groups is 1. The van der Waals surface area contributed by atoms with Crippen LogP contribution in [0.1, 0.15) is 5.82 Å². The molecule has 176 valence electrons. The lowest BCUT2D eigenvalue weighted by Gasteiger charge is -2.11. The molecule has 2 aromatic heterocycles. The Hall–Kier alpha value is -2.92. The van der Waals surface area contributed by atoms with Crippen LogP contribution in [0.15, 0.2) is 82.4 Å². The van der Waals surface area contributed by atoms with Crippen molar-refractivity contribution in [3.8, 4) is 5.69 Å². The van der Waals surface area contributed by atoms with E-state index in [-0.39, 0.29) is 11.7 Å². The minimum Gasteiger partial charge on any atom is -0.378 e. The van der Waals surface area contributed by atoms with Crippen LogP contribution >= 0.6 is 50.6 Å². The molecule has 0 unspecified atom stereocenters. The average molecular weight is 586 g/mol. The van der Waals surface area contributed by atoms with E-state index in [1.165, 1.54) is 23.1 Å². The first-order chi connectivity index (χ1) is 17.0. The molecule has 7 nitrogen and oxygen atoms in total. The molecule has 0 atom stereocenters. The minimum atomic E-state index is -0.156. The fraction of sp³-hybridized carbons (Fsp3) is 0.0833. The van der Waals surface area contributed by atoms with Crippen molar-refractivity contribution < 1.29 is 4.79 Å². The minimum absolute atomic E-state index is 0.156. The quantitative estimate of drug-likeness (QED) is 0.199. The van der Waals surface area contributed by atoms with E-state index in [0.717, 1.165) is 31.9 Å². The molecule has 2 heterocycles. The van der Waals surface area contributed by atoms with Crippen LogP contribution in [-0.2, 0) is 11.3 Å². The van der Waals surface area contributed by atoms with Gasteiger partial charge in [0.2, 0.25) is 5.91 Å². The molecule has 5 rings (SSSR count). The summed E-state index contributed by atoms with van der Waals surface area (Å²) in [7, 11) is 0. The summed E-state index contributed by atoms with van der Waals surface area (Å²) < 4.78 is 3.93. The molecular weight excluding hydrogens is 568 g/mol. The molecule has 5 aromatic rings. The van der Waals surface area contributed by atoms with Gasteiger partial charge < -0.3 is 10.6 Å². The van der Waals surface area contributed by atoms with Crippen molar-refractivity contribution in [1.29, 1.82) is 0 Å². The number of nitrogens with one attached hydrogen (secondary N) is 2. The molecular formula is C24H18BrClN6OS2. The van der Waals surface area contributed by atoms with Crippen molar-refractivity contribution in [2.24, 2.45) is 0 Å². The fourth-order valence-corrected chi connectivity index (χ4v) is 5.66. The van der Waals surface area contributed by atoms with E-state index >= 15 is 0 Å². The Morgan fingerprint density at radius 3 is 2.66 bits per heavy atom. The topological polar surface area (TPSA) is 84.7 Å². The van der Waals surface area contributed by atoms with Crippen molar-refractivity contribution in [2.75, 3.05) is 16.4 Å². The Morgan fingerprint density at radius 2 is 1.86 bits per heavy atom. The number of thioether (sulfide) groups is 1. The summed E-state index contributed by atoms with van der Waals surface area (Å²) in [4.78, 5) is 17.2. The maximum atomic E-state index is 12.7. The van der Waals surface area contributed by atoms with Crippen LogP contribution in [0.2, 0.25) is 5.02 Å². The normalized spacial score (nSPS) is 11.0. The molecule has 0 fully saturated rings. The number of hydrogen-bond acceptors (Lipinski definition) is 7. The molecule has 0 bridgehead atoms. The highest BCUT2D eigenvalue weighted by atomic mass is 79.9. The number of thiazole rings is 1. The third kappa shape index (κ3) is 5.84. The maximum absolute atomic E-state index is 12.7. The van der Waals surface area contributed by atoms with Gasteiger partial charge in [0.1, 0.15) is 0 Å². The SMILES string of the molecule is O=C(CSc1nnc(CNc2ccc(Cl)cc2)n1-c1ccccc1)Nc1nc2ccc(Br)cc2s1. The molecule has 0 spiro atoms. The van der Waals surface area contributed by atoms with Gasteiger partial charge in [-0.05, 0) is 54.6 Å². The van der Waals surface area contributed by atoms with Gasteiger partial charge in [-0.15, -0.1) is 10.2 Å². The van der Waals surface area contributed by atoms with Gasteiger partial charge in [-0.3, -0.25) is 9.36 Å². The zero-order valence-corrected chi connectivity index (χ0v) is 22.1. The van der Waals surface area contributed by atoms with E-state index in [9.17, 15) is 4.79 Å². The van der Waals surface area contributed by atoms with Gasteiger partial charge in [0.05, 0.1) is 22.5 Å². The third-order valence-corrected chi connectivity index (χ3v) is 7.55. The van der Waals surface area contributed by atoms with Gasteiger partial charge >= 0.3 is 0 Å². The number of amides is 1. The largest absolute Gasteiger partial charge is 0.378 e. The van der Waals surface area contributed by atoms with Crippen LogP contribution in [0.4, 0.5) is 10.8 Å². The summed E-state index contributed by atoms with van der Waals surface area (Å²) in [5, 5.41) is 16.9. The number of halogens is 2. The maximum Gasteiger partial charge on any atom is 0.236 e. The molecule has 0 saturated heterocycles. The molecule has 0 aliphatic heterocycles. The van der Waals surface area contributed by atoms with Crippen LogP contribution in [0, 0.1) is 0 Å². The van der Waals surface area contributed by atoms with Gasteiger partial charge in [0.25, 0.3) is 0 Å². The summed E-state index contributed by atoms with van der Waals surface area (Å²) >= 11 is 12.2. The molecule has 35 heavy (non-hydrogen) atoms. The zero-order valence-electron chi connectivity index (χ0n) is 18.1. The van der Waals surface area contributed by atoms with Crippen molar-refractivity contribution in [2.45, 2.75) is 11.7 Å². The first-order valence-corrected chi connectivity index (χ1v) is 13.5.